The van der Waals surface area contributed by atoms with Gasteiger partial charge in [0.2, 0.25) is 0 Å². The van der Waals surface area contributed by atoms with Crippen molar-refractivity contribution in [3.05, 3.63) is 35.4 Å². The first-order valence-corrected chi connectivity index (χ1v) is 7.83. The van der Waals surface area contributed by atoms with Crippen LogP contribution in [0.2, 0.25) is 0 Å². The van der Waals surface area contributed by atoms with Crippen molar-refractivity contribution in [2.75, 3.05) is 26.7 Å². The molecular weight excluding hydrogens is 248 g/mol. The van der Waals surface area contributed by atoms with Crippen LogP contribution in [0.15, 0.2) is 24.3 Å². The van der Waals surface area contributed by atoms with Crippen LogP contribution in [0.1, 0.15) is 42.9 Å². The van der Waals surface area contributed by atoms with Gasteiger partial charge in [-0.05, 0) is 38.8 Å². The van der Waals surface area contributed by atoms with Crippen molar-refractivity contribution in [3.8, 4) is 0 Å². The van der Waals surface area contributed by atoms with Crippen LogP contribution in [0.3, 0.4) is 0 Å². The van der Waals surface area contributed by atoms with Gasteiger partial charge in [-0.15, -0.1) is 0 Å². The highest BCUT2D eigenvalue weighted by atomic mass is 16.3. The van der Waals surface area contributed by atoms with Gasteiger partial charge in [-0.2, -0.15) is 0 Å². The maximum absolute atomic E-state index is 9.22. The number of nitrogens with one attached hydrogen (secondary N) is 1. The number of benzene rings is 1. The van der Waals surface area contributed by atoms with Gasteiger partial charge in [0.15, 0.2) is 0 Å². The van der Waals surface area contributed by atoms with Crippen molar-refractivity contribution < 1.29 is 5.11 Å². The topological polar surface area (TPSA) is 35.5 Å². The fourth-order valence-electron chi connectivity index (χ4n) is 3.02. The van der Waals surface area contributed by atoms with Gasteiger partial charge in [0.1, 0.15) is 0 Å². The number of hydrogen-bond acceptors (Lipinski definition) is 3. The predicted octanol–water partition coefficient (Wildman–Crippen LogP) is 2.49. The Kier molecular flexibility index (Phi) is 6.02. The van der Waals surface area contributed by atoms with Crippen LogP contribution in [0.25, 0.3) is 0 Å². The minimum absolute atomic E-state index is 0.269. The molecule has 0 aromatic heterocycles. The lowest BCUT2D eigenvalue weighted by Gasteiger charge is -2.38. The molecule has 1 atom stereocenters. The molecule has 1 saturated carbocycles. The Morgan fingerprint density at radius 3 is 2.70 bits per heavy atom. The second-order valence-electron chi connectivity index (χ2n) is 5.89. The molecule has 0 heterocycles. The molecule has 20 heavy (non-hydrogen) atoms. The Bertz CT molecular complexity index is 404. The summed E-state index contributed by atoms with van der Waals surface area (Å²) >= 11 is 0. The third-order valence-corrected chi connectivity index (χ3v) is 4.48. The lowest BCUT2D eigenvalue weighted by atomic mass is 9.91. The van der Waals surface area contributed by atoms with Crippen molar-refractivity contribution >= 4 is 0 Å². The molecule has 1 aliphatic carbocycles. The number of rotatable bonds is 8. The normalized spacial score (nSPS) is 17.2. The molecule has 112 valence electrons. The minimum Gasteiger partial charge on any atom is -0.395 e. The van der Waals surface area contributed by atoms with E-state index in [1.807, 2.05) is 7.05 Å². The Balaban J connectivity index is 1.91. The van der Waals surface area contributed by atoms with Crippen LogP contribution in [-0.4, -0.2) is 42.8 Å². The first kappa shape index (κ1) is 15.5. The van der Waals surface area contributed by atoms with Crippen molar-refractivity contribution in [2.45, 2.75) is 44.7 Å². The van der Waals surface area contributed by atoms with Gasteiger partial charge >= 0.3 is 0 Å². The number of nitrogens with zero attached hydrogens (tertiary/aromatic N) is 1. The van der Waals surface area contributed by atoms with Crippen molar-refractivity contribution in [1.82, 2.24) is 10.2 Å². The molecule has 0 bridgehead atoms. The van der Waals surface area contributed by atoms with Crippen LogP contribution >= 0.6 is 0 Å². The molecule has 0 spiro atoms. The standard InChI is InChI=1S/C17H28N2O/c1-14-5-3-6-15(13-14)17(18-2)9-10-19(11-12-20)16-7-4-8-16/h3,5-6,13,16-18,20H,4,7-12H2,1-2H3. The van der Waals surface area contributed by atoms with Gasteiger partial charge in [-0.3, -0.25) is 4.90 Å². The SMILES string of the molecule is CNC(CCN(CCO)C1CCC1)c1cccc(C)c1. The van der Waals surface area contributed by atoms with Crippen LogP contribution in [0.5, 0.6) is 0 Å². The maximum atomic E-state index is 9.22. The monoisotopic (exact) mass is 276 g/mol. The lowest BCUT2D eigenvalue weighted by Crippen LogP contribution is -2.43. The van der Waals surface area contributed by atoms with E-state index in [2.05, 4.69) is 41.4 Å². The van der Waals surface area contributed by atoms with E-state index < -0.39 is 0 Å². The molecule has 0 aliphatic heterocycles. The van der Waals surface area contributed by atoms with E-state index in [0.29, 0.717) is 12.1 Å². The highest BCUT2D eigenvalue weighted by Gasteiger charge is 2.24. The second-order valence-corrected chi connectivity index (χ2v) is 5.89. The highest BCUT2D eigenvalue weighted by molar-refractivity contribution is 5.25. The summed E-state index contributed by atoms with van der Waals surface area (Å²) in [5.74, 6) is 0. The first-order chi connectivity index (χ1) is 9.74. The van der Waals surface area contributed by atoms with Gasteiger partial charge in [0.05, 0.1) is 6.61 Å². The van der Waals surface area contributed by atoms with Gasteiger partial charge in [-0.25, -0.2) is 0 Å². The van der Waals surface area contributed by atoms with Crippen LogP contribution in [-0.2, 0) is 0 Å². The van der Waals surface area contributed by atoms with Gasteiger partial charge in [0, 0.05) is 25.2 Å². The van der Waals surface area contributed by atoms with E-state index in [1.165, 1.54) is 30.4 Å². The number of aliphatic hydroxyl groups excluding tert-OH is 1. The van der Waals surface area contributed by atoms with E-state index in [-0.39, 0.29) is 6.61 Å². The fraction of sp³-hybridized carbons (Fsp3) is 0.647. The van der Waals surface area contributed by atoms with E-state index in [9.17, 15) is 5.11 Å². The molecule has 0 radical (unpaired) electrons. The summed E-state index contributed by atoms with van der Waals surface area (Å²) in [7, 11) is 2.03. The van der Waals surface area contributed by atoms with E-state index in [0.717, 1.165) is 19.5 Å². The Hall–Kier alpha value is -0.900. The summed E-state index contributed by atoms with van der Waals surface area (Å²) in [6.45, 7) is 4.29. The van der Waals surface area contributed by atoms with E-state index in [1.54, 1.807) is 0 Å². The zero-order valence-electron chi connectivity index (χ0n) is 12.8. The largest absolute Gasteiger partial charge is 0.395 e. The maximum Gasteiger partial charge on any atom is 0.0558 e. The average molecular weight is 276 g/mol. The van der Waals surface area contributed by atoms with Crippen molar-refractivity contribution in [3.63, 3.8) is 0 Å². The quantitative estimate of drug-likeness (QED) is 0.766. The molecule has 1 aliphatic rings. The summed E-state index contributed by atoms with van der Waals surface area (Å²) in [5.41, 5.74) is 2.68. The highest BCUT2D eigenvalue weighted by Crippen LogP contribution is 2.26. The average Bonchev–Trinajstić information content (AvgIpc) is 2.37. The Morgan fingerprint density at radius 2 is 2.15 bits per heavy atom. The third kappa shape index (κ3) is 4.05. The molecule has 1 aromatic rings. The summed E-state index contributed by atoms with van der Waals surface area (Å²) in [5, 5.41) is 12.7. The number of aliphatic hydroxyl groups is 1. The van der Waals surface area contributed by atoms with Crippen LogP contribution < -0.4 is 5.32 Å². The van der Waals surface area contributed by atoms with E-state index >= 15 is 0 Å². The number of hydrogen-bond donors (Lipinski definition) is 2. The predicted molar refractivity (Wildman–Crippen MR) is 83.9 cm³/mol. The minimum atomic E-state index is 0.269. The Labute approximate surface area is 123 Å². The molecule has 0 saturated heterocycles. The molecule has 1 aromatic carbocycles. The van der Waals surface area contributed by atoms with Crippen LogP contribution in [0.4, 0.5) is 0 Å². The third-order valence-electron chi connectivity index (χ3n) is 4.48. The molecule has 0 amide bonds. The van der Waals surface area contributed by atoms with Crippen molar-refractivity contribution in [2.24, 2.45) is 0 Å². The summed E-state index contributed by atoms with van der Waals surface area (Å²) in [6.07, 6.45) is 5.04. The molecule has 3 nitrogen and oxygen atoms in total. The Morgan fingerprint density at radius 1 is 1.35 bits per heavy atom. The van der Waals surface area contributed by atoms with Gasteiger partial charge in [-0.1, -0.05) is 36.2 Å². The van der Waals surface area contributed by atoms with Crippen molar-refractivity contribution in [1.29, 1.82) is 0 Å². The summed E-state index contributed by atoms with van der Waals surface area (Å²) in [4.78, 5) is 2.46. The van der Waals surface area contributed by atoms with E-state index in [4.69, 9.17) is 0 Å². The summed E-state index contributed by atoms with van der Waals surface area (Å²) in [6, 6.07) is 9.84. The molecule has 2 N–H and O–H groups in total. The van der Waals surface area contributed by atoms with Gasteiger partial charge < -0.3 is 10.4 Å². The zero-order chi connectivity index (χ0) is 14.4. The smallest absolute Gasteiger partial charge is 0.0558 e. The molecular formula is C17H28N2O. The molecule has 3 heteroatoms. The summed E-state index contributed by atoms with van der Waals surface area (Å²) < 4.78 is 0. The van der Waals surface area contributed by atoms with Gasteiger partial charge in [0.25, 0.3) is 0 Å². The zero-order valence-corrected chi connectivity index (χ0v) is 12.8. The second kappa shape index (κ2) is 7.77. The van der Waals surface area contributed by atoms with Crippen LogP contribution in [0, 0.1) is 6.92 Å². The molecule has 1 fully saturated rings. The lowest BCUT2D eigenvalue weighted by molar-refractivity contribution is 0.0972. The molecule has 2 rings (SSSR count). The molecule has 1 unspecified atom stereocenters. The number of aryl methyl sites for hydroxylation is 1. The fourth-order valence-corrected chi connectivity index (χ4v) is 3.02. The first-order valence-electron chi connectivity index (χ1n) is 7.83.